The number of rotatable bonds is 4. The van der Waals surface area contributed by atoms with E-state index in [0.717, 1.165) is 33.4 Å². The number of carbonyl (C=O) groups excluding carboxylic acids is 2. The van der Waals surface area contributed by atoms with Crippen LogP contribution in [0.5, 0.6) is 0 Å². The zero-order valence-electron chi connectivity index (χ0n) is 15.3. The van der Waals surface area contributed by atoms with Gasteiger partial charge in [-0.2, -0.15) is 10.2 Å². The highest BCUT2D eigenvalue weighted by molar-refractivity contribution is 6.35. The van der Waals surface area contributed by atoms with Gasteiger partial charge in [-0.05, 0) is 49.9 Å². The van der Waals surface area contributed by atoms with Gasteiger partial charge in [0, 0.05) is 0 Å². The second-order valence-corrected chi connectivity index (χ2v) is 6.12. The number of nitrogens with one attached hydrogen (secondary N) is 2. The zero-order chi connectivity index (χ0) is 19.1. The molecule has 0 heterocycles. The number of carbonyl (C=O) groups is 2. The van der Waals surface area contributed by atoms with Crippen molar-refractivity contribution >= 4 is 24.2 Å². The van der Waals surface area contributed by atoms with Crippen molar-refractivity contribution in [3.05, 3.63) is 69.8 Å². The molecule has 0 unspecified atom stereocenters. The minimum atomic E-state index is -0.885. The summed E-state index contributed by atoms with van der Waals surface area (Å²) < 4.78 is 0. The summed E-state index contributed by atoms with van der Waals surface area (Å²) in [5, 5.41) is 7.64. The van der Waals surface area contributed by atoms with Gasteiger partial charge in [-0.1, -0.05) is 47.5 Å². The Balaban J connectivity index is 1.90. The van der Waals surface area contributed by atoms with Gasteiger partial charge in [0.1, 0.15) is 0 Å². The first-order valence-electron chi connectivity index (χ1n) is 8.18. The third-order valence-corrected chi connectivity index (χ3v) is 3.82. The van der Waals surface area contributed by atoms with Crippen molar-refractivity contribution in [1.82, 2.24) is 10.9 Å². The Hall–Kier alpha value is -3.28. The molecule has 0 saturated heterocycles. The van der Waals surface area contributed by atoms with E-state index in [2.05, 4.69) is 21.1 Å². The number of hydrazone groups is 2. The van der Waals surface area contributed by atoms with Crippen molar-refractivity contribution in [1.29, 1.82) is 0 Å². The summed E-state index contributed by atoms with van der Waals surface area (Å²) in [5.74, 6) is -1.77. The van der Waals surface area contributed by atoms with Gasteiger partial charge in [-0.15, -0.1) is 0 Å². The van der Waals surface area contributed by atoms with Gasteiger partial charge in [-0.25, -0.2) is 10.9 Å². The molecule has 2 aromatic carbocycles. The third-order valence-electron chi connectivity index (χ3n) is 3.82. The molecule has 134 valence electrons. The smallest absolute Gasteiger partial charge is 0.262 e. The van der Waals surface area contributed by atoms with E-state index in [0.29, 0.717) is 0 Å². The molecule has 0 saturated carbocycles. The Morgan fingerprint density at radius 2 is 1.12 bits per heavy atom. The molecule has 26 heavy (non-hydrogen) atoms. The van der Waals surface area contributed by atoms with Gasteiger partial charge in [-0.3, -0.25) is 9.59 Å². The first-order valence-corrected chi connectivity index (χ1v) is 8.18. The second kappa shape index (κ2) is 8.71. The lowest BCUT2D eigenvalue weighted by molar-refractivity contribution is -0.139. The first-order chi connectivity index (χ1) is 12.4. The van der Waals surface area contributed by atoms with Crippen LogP contribution >= 0.6 is 0 Å². The minimum Gasteiger partial charge on any atom is -0.262 e. The highest BCUT2D eigenvalue weighted by Gasteiger charge is 2.11. The molecule has 0 aliphatic heterocycles. The lowest BCUT2D eigenvalue weighted by Crippen LogP contribution is -2.35. The van der Waals surface area contributed by atoms with Crippen molar-refractivity contribution in [3.8, 4) is 0 Å². The standard InChI is InChI=1S/C20H22N4O2/c1-13-5-7-15(3)17(9-13)11-21-23-19(25)20(26)24-22-12-18-10-14(2)6-8-16(18)4/h5-12H,1-4H3,(H,23,25)(H,24,26)/b21-11-,22-12-. The SMILES string of the molecule is Cc1ccc(C)c(/C=N\NC(=O)C(=O)N/N=C\c2cc(C)ccc2C)c1. The topological polar surface area (TPSA) is 82.9 Å². The summed E-state index contributed by atoms with van der Waals surface area (Å²) in [5.41, 5.74) is 10.3. The Morgan fingerprint density at radius 1 is 0.731 bits per heavy atom. The number of hydrogen-bond donors (Lipinski definition) is 2. The van der Waals surface area contributed by atoms with Crippen LogP contribution in [0.25, 0.3) is 0 Å². The van der Waals surface area contributed by atoms with Crippen LogP contribution in [-0.2, 0) is 9.59 Å². The molecule has 0 fully saturated rings. The minimum absolute atomic E-state index is 0.874. The van der Waals surface area contributed by atoms with Crippen LogP contribution in [0, 0.1) is 27.7 Å². The summed E-state index contributed by atoms with van der Waals surface area (Å²) in [7, 11) is 0. The number of amides is 2. The van der Waals surface area contributed by atoms with Gasteiger partial charge >= 0.3 is 11.8 Å². The monoisotopic (exact) mass is 350 g/mol. The molecule has 6 heteroatoms. The van der Waals surface area contributed by atoms with Gasteiger partial charge in [0.2, 0.25) is 0 Å². The fraction of sp³-hybridized carbons (Fsp3) is 0.200. The summed E-state index contributed by atoms with van der Waals surface area (Å²) in [6.07, 6.45) is 3.01. The van der Waals surface area contributed by atoms with Crippen LogP contribution in [0.4, 0.5) is 0 Å². The number of hydrogen-bond acceptors (Lipinski definition) is 4. The molecule has 6 nitrogen and oxygen atoms in total. The fourth-order valence-corrected chi connectivity index (χ4v) is 2.22. The quantitative estimate of drug-likeness (QED) is 0.505. The van der Waals surface area contributed by atoms with E-state index in [1.807, 2.05) is 64.1 Å². The highest BCUT2D eigenvalue weighted by Crippen LogP contribution is 2.08. The fourth-order valence-electron chi connectivity index (χ4n) is 2.22. The van der Waals surface area contributed by atoms with E-state index >= 15 is 0 Å². The van der Waals surface area contributed by atoms with Gasteiger partial charge in [0.15, 0.2) is 0 Å². The molecule has 0 spiro atoms. The molecule has 2 rings (SSSR count). The van der Waals surface area contributed by atoms with Gasteiger partial charge < -0.3 is 0 Å². The molecular formula is C20H22N4O2. The van der Waals surface area contributed by atoms with E-state index in [-0.39, 0.29) is 0 Å². The van der Waals surface area contributed by atoms with Gasteiger partial charge in [0.05, 0.1) is 12.4 Å². The molecule has 0 aliphatic carbocycles. The van der Waals surface area contributed by atoms with Crippen LogP contribution in [-0.4, -0.2) is 24.2 Å². The normalized spacial score (nSPS) is 11.1. The molecule has 0 aliphatic rings. The molecule has 2 amide bonds. The van der Waals surface area contributed by atoms with Crippen LogP contribution in [0.3, 0.4) is 0 Å². The van der Waals surface area contributed by atoms with E-state index in [1.165, 1.54) is 12.4 Å². The predicted molar refractivity (Wildman–Crippen MR) is 103 cm³/mol. The maximum atomic E-state index is 11.7. The molecule has 0 aromatic heterocycles. The highest BCUT2D eigenvalue weighted by atomic mass is 16.2. The molecule has 0 atom stereocenters. The maximum Gasteiger partial charge on any atom is 0.331 e. The maximum absolute atomic E-state index is 11.7. The van der Waals surface area contributed by atoms with Crippen molar-refractivity contribution in [2.24, 2.45) is 10.2 Å². The zero-order valence-corrected chi connectivity index (χ0v) is 15.3. The summed E-state index contributed by atoms with van der Waals surface area (Å²) in [6.45, 7) is 7.82. The number of nitrogens with zero attached hydrogens (tertiary/aromatic N) is 2. The Morgan fingerprint density at radius 3 is 1.50 bits per heavy atom. The van der Waals surface area contributed by atoms with Crippen molar-refractivity contribution < 1.29 is 9.59 Å². The predicted octanol–water partition coefficient (Wildman–Crippen LogP) is 2.52. The first kappa shape index (κ1) is 19.1. The average molecular weight is 350 g/mol. The number of benzene rings is 2. The molecule has 2 N–H and O–H groups in total. The van der Waals surface area contributed by atoms with Crippen LogP contribution in [0.2, 0.25) is 0 Å². The van der Waals surface area contributed by atoms with E-state index in [4.69, 9.17) is 0 Å². The Labute approximate surface area is 153 Å². The lowest BCUT2D eigenvalue weighted by Gasteiger charge is -2.02. The average Bonchev–Trinajstić information content (AvgIpc) is 2.60. The molecule has 0 bridgehead atoms. The van der Waals surface area contributed by atoms with Crippen molar-refractivity contribution in [3.63, 3.8) is 0 Å². The van der Waals surface area contributed by atoms with Crippen molar-refractivity contribution in [2.75, 3.05) is 0 Å². The van der Waals surface area contributed by atoms with Crippen LogP contribution < -0.4 is 10.9 Å². The van der Waals surface area contributed by atoms with E-state index < -0.39 is 11.8 Å². The van der Waals surface area contributed by atoms with E-state index in [1.54, 1.807) is 0 Å². The summed E-state index contributed by atoms with van der Waals surface area (Å²) >= 11 is 0. The third kappa shape index (κ3) is 5.37. The van der Waals surface area contributed by atoms with Crippen LogP contribution in [0.1, 0.15) is 33.4 Å². The molecule has 2 aromatic rings. The number of aryl methyl sites for hydroxylation is 4. The van der Waals surface area contributed by atoms with Crippen LogP contribution in [0.15, 0.2) is 46.6 Å². The Kier molecular flexibility index (Phi) is 6.38. The van der Waals surface area contributed by atoms with E-state index in [9.17, 15) is 9.59 Å². The van der Waals surface area contributed by atoms with Crippen molar-refractivity contribution in [2.45, 2.75) is 27.7 Å². The molecule has 0 radical (unpaired) electrons. The molecular weight excluding hydrogens is 328 g/mol. The van der Waals surface area contributed by atoms with Gasteiger partial charge in [0.25, 0.3) is 0 Å². The summed E-state index contributed by atoms with van der Waals surface area (Å²) in [4.78, 5) is 23.5. The Bertz CT molecular complexity index is 812. The largest absolute Gasteiger partial charge is 0.331 e. The second-order valence-electron chi connectivity index (χ2n) is 6.12. The lowest BCUT2D eigenvalue weighted by atomic mass is 10.1. The summed E-state index contributed by atoms with van der Waals surface area (Å²) in [6, 6.07) is 11.8.